The minimum absolute atomic E-state index is 0.130. The summed E-state index contributed by atoms with van der Waals surface area (Å²) in [6, 6.07) is 0.864. The summed E-state index contributed by atoms with van der Waals surface area (Å²) in [4.78, 5) is 11.6. The van der Waals surface area contributed by atoms with Gasteiger partial charge in [0.25, 0.3) is 0 Å². The lowest BCUT2D eigenvalue weighted by Crippen LogP contribution is -2.41. The van der Waals surface area contributed by atoms with Crippen LogP contribution in [0.4, 0.5) is 4.79 Å². The molecule has 0 aromatic carbocycles. The Labute approximate surface area is 122 Å². The van der Waals surface area contributed by atoms with Gasteiger partial charge >= 0.3 is 6.09 Å². The van der Waals surface area contributed by atoms with Gasteiger partial charge in [-0.3, -0.25) is 0 Å². The van der Waals surface area contributed by atoms with Gasteiger partial charge in [0.05, 0.1) is 5.60 Å². The van der Waals surface area contributed by atoms with Crippen molar-refractivity contribution in [2.45, 2.75) is 83.7 Å². The van der Waals surface area contributed by atoms with Crippen LogP contribution in [0, 0.1) is 0 Å². The van der Waals surface area contributed by atoms with E-state index in [0.717, 1.165) is 12.8 Å². The van der Waals surface area contributed by atoms with Crippen molar-refractivity contribution in [3.05, 3.63) is 0 Å². The molecule has 1 aliphatic carbocycles. The van der Waals surface area contributed by atoms with Crippen molar-refractivity contribution < 1.29 is 14.3 Å². The predicted molar refractivity (Wildman–Crippen MR) is 79.9 cm³/mol. The molecule has 0 radical (unpaired) electrons. The maximum absolute atomic E-state index is 11.6. The van der Waals surface area contributed by atoms with Crippen LogP contribution in [0.25, 0.3) is 0 Å². The molecule has 0 aromatic rings. The largest absolute Gasteiger partial charge is 0.444 e. The third kappa shape index (κ3) is 6.57. The Bertz CT molecular complexity index is 337. The number of alkyl carbamates (subject to hydrolysis) is 1. The van der Waals surface area contributed by atoms with Crippen molar-refractivity contribution in [1.82, 2.24) is 10.6 Å². The van der Waals surface area contributed by atoms with E-state index in [9.17, 15) is 4.79 Å². The fourth-order valence-electron chi connectivity index (χ4n) is 2.24. The number of hydrogen-bond acceptors (Lipinski definition) is 4. The summed E-state index contributed by atoms with van der Waals surface area (Å²) in [6.07, 6.45) is 1.55. The molecule has 5 heteroatoms. The maximum atomic E-state index is 11.6. The van der Waals surface area contributed by atoms with Gasteiger partial charge in [-0.1, -0.05) is 0 Å². The Morgan fingerprint density at radius 3 is 2.35 bits per heavy atom. The van der Waals surface area contributed by atoms with Gasteiger partial charge in [0, 0.05) is 25.2 Å². The summed E-state index contributed by atoms with van der Waals surface area (Å²) >= 11 is 0. The molecule has 0 heterocycles. The number of nitrogens with one attached hydrogen (secondary N) is 2. The number of carbonyl (C=O) groups is 1. The highest BCUT2D eigenvalue weighted by Crippen LogP contribution is 2.24. The van der Waals surface area contributed by atoms with E-state index in [1.165, 1.54) is 0 Å². The van der Waals surface area contributed by atoms with Crippen LogP contribution in [0.2, 0.25) is 0 Å². The molecule has 1 amide bonds. The second kappa shape index (κ2) is 6.31. The van der Waals surface area contributed by atoms with E-state index >= 15 is 0 Å². The Morgan fingerprint density at radius 1 is 1.25 bits per heavy atom. The van der Waals surface area contributed by atoms with Crippen LogP contribution in [0.3, 0.4) is 0 Å². The van der Waals surface area contributed by atoms with Crippen molar-refractivity contribution in [2.24, 2.45) is 0 Å². The monoisotopic (exact) mass is 286 g/mol. The zero-order chi connectivity index (χ0) is 15.6. The Balaban J connectivity index is 2.25. The van der Waals surface area contributed by atoms with E-state index in [0.29, 0.717) is 12.1 Å². The SMILES string of the molecule is COC(C)(C)CC(C)NC1CC1NC(=O)OC(C)(C)C. The second-order valence-corrected chi connectivity index (χ2v) is 7.33. The molecular formula is C15H30N2O3. The molecule has 3 unspecified atom stereocenters. The van der Waals surface area contributed by atoms with Gasteiger partial charge in [0.2, 0.25) is 0 Å². The zero-order valence-electron chi connectivity index (χ0n) is 13.9. The summed E-state index contributed by atoms with van der Waals surface area (Å²) in [7, 11) is 1.73. The lowest BCUT2D eigenvalue weighted by Gasteiger charge is -2.27. The predicted octanol–water partition coefficient (Wildman–Crippen LogP) is 2.45. The molecule has 2 N–H and O–H groups in total. The molecule has 0 aromatic heterocycles. The van der Waals surface area contributed by atoms with E-state index in [1.807, 2.05) is 20.8 Å². The lowest BCUT2D eigenvalue weighted by atomic mass is 10.00. The topological polar surface area (TPSA) is 59.6 Å². The van der Waals surface area contributed by atoms with Crippen LogP contribution in [0.15, 0.2) is 0 Å². The first-order valence-electron chi connectivity index (χ1n) is 7.33. The summed E-state index contributed by atoms with van der Waals surface area (Å²) < 4.78 is 10.7. The Morgan fingerprint density at radius 2 is 1.85 bits per heavy atom. The molecule has 1 saturated carbocycles. The molecule has 0 aliphatic heterocycles. The van der Waals surface area contributed by atoms with E-state index < -0.39 is 5.60 Å². The number of rotatable bonds is 6. The highest BCUT2D eigenvalue weighted by Gasteiger charge is 2.40. The van der Waals surface area contributed by atoms with Gasteiger partial charge in [0.15, 0.2) is 0 Å². The van der Waals surface area contributed by atoms with Crippen LogP contribution < -0.4 is 10.6 Å². The van der Waals surface area contributed by atoms with E-state index in [-0.39, 0.29) is 17.7 Å². The minimum Gasteiger partial charge on any atom is -0.444 e. The molecular weight excluding hydrogens is 256 g/mol. The van der Waals surface area contributed by atoms with Crippen LogP contribution in [0.5, 0.6) is 0 Å². The molecule has 0 spiro atoms. The molecule has 1 rings (SSSR count). The average molecular weight is 286 g/mol. The summed E-state index contributed by atoms with van der Waals surface area (Å²) in [5, 5.41) is 6.40. The first-order chi connectivity index (χ1) is 9.02. The standard InChI is InChI=1S/C15H30N2O3/c1-10(9-15(5,6)19-7)16-11-8-12(11)17-13(18)20-14(2,3)4/h10-12,16H,8-9H2,1-7H3,(H,17,18). The van der Waals surface area contributed by atoms with Gasteiger partial charge in [0.1, 0.15) is 5.60 Å². The number of amides is 1. The number of ether oxygens (including phenoxy) is 2. The third-order valence-corrected chi connectivity index (χ3v) is 3.34. The van der Waals surface area contributed by atoms with E-state index in [2.05, 4.69) is 31.4 Å². The minimum atomic E-state index is -0.447. The number of carbonyl (C=O) groups excluding carboxylic acids is 1. The van der Waals surface area contributed by atoms with Gasteiger partial charge in [-0.05, 0) is 54.4 Å². The van der Waals surface area contributed by atoms with E-state index in [1.54, 1.807) is 7.11 Å². The van der Waals surface area contributed by atoms with Crippen molar-refractivity contribution in [2.75, 3.05) is 7.11 Å². The smallest absolute Gasteiger partial charge is 0.407 e. The highest BCUT2D eigenvalue weighted by molar-refractivity contribution is 5.68. The first kappa shape index (κ1) is 17.2. The molecule has 118 valence electrons. The van der Waals surface area contributed by atoms with Gasteiger partial charge in [-0.15, -0.1) is 0 Å². The normalized spacial score (nSPS) is 24.1. The van der Waals surface area contributed by atoms with E-state index in [4.69, 9.17) is 9.47 Å². The molecule has 20 heavy (non-hydrogen) atoms. The van der Waals surface area contributed by atoms with Crippen LogP contribution in [-0.4, -0.2) is 42.5 Å². The summed E-state index contributed by atoms with van der Waals surface area (Å²) in [6.45, 7) is 11.9. The van der Waals surface area contributed by atoms with Crippen molar-refractivity contribution >= 4 is 6.09 Å². The third-order valence-electron chi connectivity index (χ3n) is 3.34. The fraction of sp³-hybridized carbons (Fsp3) is 0.933. The highest BCUT2D eigenvalue weighted by atomic mass is 16.6. The van der Waals surface area contributed by atoms with Crippen LogP contribution in [0.1, 0.15) is 54.4 Å². The second-order valence-electron chi connectivity index (χ2n) is 7.33. The van der Waals surface area contributed by atoms with Gasteiger partial charge in [-0.2, -0.15) is 0 Å². The van der Waals surface area contributed by atoms with Crippen molar-refractivity contribution in [3.8, 4) is 0 Å². The molecule has 0 bridgehead atoms. The van der Waals surface area contributed by atoms with Gasteiger partial charge in [-0.25, -0.2) is 4.79 Å². The molecule has 5 nitrogen and oxygen atoms in total. The van der Waals surface area contributed by atoms with Gasteiger partial charge < -0.3 is 20.1 Å². The first-order valence-corrected chi connectivity index (χ1v) is 7.33. The summed E-state index contributed by atoms with van der Waals surface area (Å²) in [5.74, 6) is 0. The van der Waals surface area contributed by atoms with Crippen LogP contribution >= 0.6 is 0 Å². The lowest BCUT2D eigenvalue weighted by molar-refractivity contribution is 0.00831. The fourth-order valence-corrected chi connectivity index (χ4v) is 2.24. The maximum Gasteiger partial charge on any atom is 0.407 e. The molecule has 1 fully saturated rings. The average Bonchev–Trinajstić information content (AvgIpc) is 2.91. The Hall–Kier alpha value is -0.810. The number of hydrogen-bond donors (Lipinski definition) is 2. The van der Waals surface area contributed by atoms with Crippen LogP contribution in [-0.2, 0) is 9.47 Å². The number of methoxy groups -OCH3 is 1. The van der Waals surface area contributed by atoms with Crippen molar-refractivity contribution in [1.29, 1.82) is 0 Å². The molecule has 3 atom stereocenters. The molecule has 0 saturated heterocycles. The summed E-state index contributed by atoms with van der Waals surface area (Å²) in [5.41, 5.74) is -0.576. The quantitative estimate of drug-likeness (QED) is 0.787. The molecule has 1 aliphatic rings. The van der Waals surface area contributed by atoms with Crippen molar-refractivity contribution in [3.63, 3.8) is 0 Å². The Kier molecular flexibility index (Phi) is 5.44. The zero-order valence-corrected chi connectivity index (χ0v) is 13.9.